The highest BCUT2D eigenvalue weighted by Gasteiger charge is 2.41. The number of methoxy groups -OCH3 is 1. The van der Waals surface area contributed by atoms with Gasteiger partial charge in [-0.15, -0.1) is 0 Å². The molecule has 2 fully saturated rings. The number of para-hydroxylation sites is 1. The Balaban J connectivity index is 1.31. The minimum Gasteiger partial charge on any atom is -0.495 e. The van der Waals surface area contributed by atoms with E-state index in [1.54, 1.807) is 36.2 Å². The first-order valence-corrected chi connectivity index (χ1v) is 20.9. The van der Waals surface area contributed by atoms with Gasteiger partial charge in [0, 0.05) is 49.6 Å². The van der Waals surface area contributed by atoms with E-state index >= 15 is 0 Å². The lowest BCUT2D eigenvalue weighted by Gasteiger charge is -2.43. The molecule has 4 aromatic rings. The van der Waals surface area contributed by atoms with E-state index in [0.29, 0.717) is 48.6 Å². The number of amides is 1. The molecule has 11 nitrogen and oxygen atoms in total. The number of sulfonamides is 1. The summed E-state index contributed by atoms with van der Waals surface area (Å²) in [6, 6.07) is 27.4. The molecular weight excluding hydrogens is 745 g/mol. The Morgan fingerprint density at radius 1 is 1.00 bits per heavy atom. The molecule has 302 valence electrons. The number of unbranched alkanes of at least 4 members (excludes halogenated alkanes) is 1. The van der Waals surface area contributed by atoms with Gasteiger partial charge in [-0.1, -0.05) is 68.3 Å². The number of hydrogen-bond donors (Lipinski definition) is 1. The second-order valence-electron chi connectivity index (χ2n) is 14.8. The average Bonchev–Trinajstić information content (AvgIpc) is 3.64. The molecule has 2 aliphatic rings. The Morgan fingerprint density at radius 2 is 1.74 bits per heavy atom. The number of carboxylic acids is 1. The third kappa shape index (κ3) is 9.69. The summed E-state index contributed by atoms with van der Waals surface area (Å²) in [4.78, 5) is 25.7. The van der Waals surface area contributed by atoms with Gasteiger partial charge in [-0.2, -0.15) is 4.31 Å². The lowest BCUT2D eigenvalue weighted by atomic mass is 9.74. The monoisotopic (exact) mass is 796 g/mol. The Morgan fingerprint density at radius 3 is 2.39 bits per heavy atom. The second-order valence-corrected chi connectivity index (χ2v) is 16.8. The van der Waals surface area contributed by atoms with Crippen molar-refractivity contribution >= 4 is 27.6 Å². The number of carboxylic acid groups (broad SMARTS) is 1. The summed E-state index contributed by atoms with van der Waals surface area (Å²) in [6.45, 7) is 8.69. The van der Waals surface area contributed by atoms with E-state index in [2.05, 4.69) is 13.5 Å². The van der Waals surface area contributed by atoms with E-state index in [-0.39, 0.29) is 41.0 Å². The number of ether oxygens (including phenoxy) is 4. The third-order valence-corrected chi connectivity index (χ3v) is 12.6. The van der Waals surface area contributed by atoms with Gasteiger partial charge in [-0.25, -0.2) is 13.2 Å². The first-order chi connectivity index (χ1) is 27.4. The number of benzene rings is 4. The zero-order valence-electron chi connectivity index (χ0n) is 33.1. The first kappa shape index (κ1) is 41.5. The molecular formula is C45H52N2O9S. The average molecular weight is 797 g/mol. The fourth-order valence-corrected chi connectivity index (χ4v) is 9.09. The molecule has 12 heteroatoms. The lowest BCUT2D eigenvalue weighted by Crippen LogP contribution is -2.36. The molecule has 0 aliphatic carbocycles. The van der Waals surface area contributed by atoms with E-state index in [9.17, 15) is 23.1 Å². The van der Waals surface area contributed by atoms with Gasteiger partial charge in [0.15, 0.2) is 6.61 Å². The predicted octanol–water partition coefficient (Wildman–Crippen LogP) is 8.89. The van der Waals surface area contributed by atoms with Crippen molar-refractivity contribution in [2.45, 2.75) is 81.9 Å². The van der Waals surface area contributed by atoms with Crippen molar-refractivity contribution in [1.29, 1.82) is 0 Å². The summed E-state index contributed by atoms with van der Waals surface area (Å²) in [7, 11) is -1.03. The van der Waals surface area contributed by atoms with Crippen molar-refractivity contribution in [1.82, 2.24) is 4.31 Å². The maximum atomic E-state index is 14.3. The Kier molecular flexibility index (Phi) is 13.4. The van der Waals surface area contributed by atoms with E-state index in [4.69, 9.17) is 18.9 Å². The molecule has 0 spiro atoms. The van der Waals surface area contributed by atoms with Gasteiger partial charge in [0.25, 0.3) is 0 Å². The maximum absolute atomic E-state index is 14.3. The quantitative estimate of drug-likeness (QED) is 0.104. The van der Waals surface area contributed by atoms with Crippen LogP contribution in [0.4, 0.5) is 5.69 Å². The number of aliphatic carboxylic acids is 1. The van der Waals surface area contributed by atoms with E-state index in [1.807, 2.05) is 73.7 Å². The summed E-state index contributed by atoms with van der Waals surface area (Å²) < 4.78 is 54.7. The number of anilines is 1. The van der Waals surface area contributed by atoms with Gasteiger partial charge >= 0.3 is 5.97 Å². The highest BCUT2D eigenvalue weighted by Crippen LogP contribution is 2.50. The molecule has 2 aliphatic heterocycles. The number of carbonyl (C=O) groups excluding carboxylic acids is 1. The molecule has 4 atom stereocenters. The van der Waals surface area contributed by atoms with Gasteiger partial charge < -0.3 is 29.0 Å². The van der Waals surface area contributed by atoms with Crippen LogP contribution in [0.2, 0.25) is 0 Å². The summed E-state index contributed by atoms with van der Waals surface area (Å²) in [6.07, 6.45) is 3.59. The topological polar surface area (TPSA) is 132 Å². The van der Waals surface area contributed by atoms with Crippen LogP contribution < -0.4 is 19.1 Å². The van der Waals surface area contributed by atoms with Crippen molar-refractivity contribution < 1.29 is 42.1 Å². The zero-order valence-corrected chi connectivity index (χ0v) is 33.9. The van der Waals surface area contributed by atoms with Crippen LogP contribution in [-0.2, 0) is 30.9 Å². The highest BCUT2D eigenvalue weighted by atomic mass is 32.2. The van der Waals surface area contributed by atoms with E-state index in [1.165, 1.54) is 11.4 Å². The van der Waals surface area contributed by atoms with Crippen LogP contribution in [0.5, 0.6) is 23.0 Å². The summed E-state index contributed by atoms with van der Waals surface area (Å²) >= 11 is 0. The fraction of sp³-hybridized carbons (Fsp3) is 0.378. The van der Waals surface area contributed by atoms with Crippen molar-refractivity contribution in [3.63, 3.8) is 0 Å². The summed E-state index contributed by atoms with van der Waals surface area (Å²) in [5, 5.41) is 9.48. The van der Waals surface area contributed by atoms with Gasteiger partial charge in [0.1, 0.15) is 27.9 Å². The van der Waals surface area contributed by atoms with Crippen molar-refractivity contribution in [2.24, 2.45) is 5.92 Å². The van der Waals surface area contributed by atoms with Crippen LogP contribution in [0.1, 0.15) is 81.1 Å². The number of hydrogen-bond acceptors (Lipinski definition) is 8. The Hall–Kier alpha value is -5.17. The minimum atomic E-state index is -4.04. The van der Waals surface area contributed by atoms with Gasteiger partial charge in [0.2, 0.25) is 15.9 Å². The molecule has 0 radical (unpaired) electrons. The minimum absolute atomic E-state index is 0.0580. The largest absolute Gasteiger partial charge is 0.495 e. The van der Waals surface area contributed by atoms with E-state index in [0.717, 1.165) is 41.6 Å². The third-order valence-electron chi connectivity index (χ3n) is 10.8. The molecule has 0 saturated carbocycles. The van der Waals surface area contributed by atoms with Crippen LogP contribution in [-0.4, -0.2) is 63.1 Å². The predicted molar refractivity (Wildman–Crippen MR) is 219 cm³/mol. The summed E-state index contributed by atoms with van der Waals surface area (Å²) in [5.74, 6) is 0.356. The van der Waals surface area contributed by atoms with Crippen molar-refractivity contribution in [3.05, 3.63) is 120 Å². The molecule has 2 heterocycles. The molecule has 1 N–H and O–H groups in total. The Bertz CT molecular complexity index is 2160. The van der Waals surface area contributed by atoms with Crippen LogP contribution in [0.3, 0.4) is 0 Å². The zero-order chi connectivity index (χ0) is 40.7. The van der Waals surface area contributed by atoms with Crippen LogP contribution >= 0.6 is 0 Å². The van der Waals surface area contributed by atoms with Gasteiger partial charge in [-0.3, -0.25) is 4.79 Å². The summed E-state index contributed by atoms with van der Waals surface area (Å²) in [5.41, 5.74) is 3.90. The van der Waals surface area contributed by atoms with Crippen molar-refractivity contribution in [2.75, 3.05) is 32.2 Å². The van der Waals surface area contributed by atoms with Crippen LogP contribution in [0.25, 0.3) is 0 Å². The number of rotatable bonds is 17. The van der Waals surface area contributed by atoms with Gasteiger partial charge in [-0.05, 0) is 91.9 Å². The maximum Gasteiger partial charge on any atom is 0.341 e. The smallest absolute Gasteiger partial charge is 0.341 e. The van der Waals surface area contributed by atoms with Crippen LogP contribution in [0.15, 0.2) is 108 Å². The lowest BCUT2D eigenvalue weighted by molar-refractivity contribution is -0.139. The Labute approximate surface area is 335 Å². The van der Waals surface area contributed by atoms with Crippen molar-refractivity contribution in [3.8, 4) is 23.0 Å². The standard InChI is InChI=1S/C45H52N2O9S/c1-6-7-14-40-37(27-36(30(2)3)45(56-40)38-26-35(55-34-12-9-8-10-13-34)21-23-39(38)54-29-44(49)50)32-18-22-41(53-5)42(25-32)57(51,52)46(4)28-31-16-19-33(20-17-31)47-24-11-15-43(47)48/h8-10,12-13,16-23,25-26,36-37,40,45H,2,6-7,11,14-15,24,27-29H2,1,3-5H3,(H,49,50)/t36-,37-,40+,45+/m0/s1. The second kappa shape index (κ2) is 18.4. The number of carbonyl (C=O) groups is 2. The normalized spacial score (nSPS) is 19.7. The molecule has 0 bridgehead atoms. The molecule has 0 aromatic heterocycles. The molecule has 0 unspecified atom stereocenters. The highest BCUT2D eigenvalue weighted by molar-refractivity contribution is 7.89. The van der Waals surface area contributed by atoms with Gasteiger partial charge in [0.05, 0.1) is 19.3 Å². The van der Waals surface area contributed by atoms with E-state index < -0.39 is 28.7 Å². The molecule has 2 saturated heterocycles. The SMILES string of the molecule is C=C(C)[C@@H]1C[C@@H](c2ccc(OC)c(S(=O)(=O)N(C)Cc3ccc(N4CCCC4=O)cc3)c2)[C@@H](CCCC)O[C@H]1c1cc(Oc2ccccc2)ccc1OCC(=O)O. The first-order valence-electron chi connectivity index (χ1n) is 19.5. The van der Waals surface area contributed by atoms with Crippen LogP contribution in [0, 0.1) is 5.92 Å². The molecule has 4 aromatic carbocycles. The molecule has 6 rings (SSSR count). The number of nitrogens with zero attached hydrogens (tertiary/aromatic N) is 2. The molecule has 57 heavy (non-hydrogen) atoms. The fourth-order valence-electron chi connectivity index (χ4n) is 7.75. The molecule has 1 amide bonds.